The van der Waals surface area contributed by atoms with Crippen molar-refractivity contribution < 1.29 is 4.79 Å². The molecule has 0 aliphatic heterocycles. The molecule has 4 heteroatoms. The number of carbonyl (C=O) groups excluding carboxylic acids is 1. The van der Waals surface area contributed by atoms with Gasteiger partial charge in [0.05, 0.1) is 5.69 Å². The van der Waals surface area contributed by atoms with Crippen LogP contribution in [0.15, 0.2) is 0 Å². The standard InChI is InChI=1S/C14H19N3O/c1-7-3-6-10-11(7)16-12(9-4-5-9)8(2)13(10)17-14(15)18/h7,9H,3-6H2,1-2H3,(H3,15,16,17,18). The van der Waals surface area contributed by atoms with E-state index in [2.05, 4.69) is 19.2 Å². The monoisotopic (exact) mass is 245 g/mol. The fraction of sp³-hybridized carbons (Fsp3) is 0.571. The summed E-state index contributed by atoms with van der Waals surface area (Å²) in [5, 5.41) is 2.82. The molecule has 1 atom stereocenters. The first-order valence-corrected chi connectivity index (χ1v) is 6.67. The number of pyridine rings is 1. The number of hydrogen-bond donors (Lipinski definition) is 2. The van der Waals surface area contributed by atoms with Crippen molar-refractivity contribution in [1.29, 1.82) is 0 Å². The van der Waals surface area contributed by atoms with Crippen LogP contribution in [0.1, 0.15) is 60.5 Å². The summed E-state index contributed by atoms with van der Waals surface area (Å²) in [4.78, 5) is 16.1. The van der Waals surface area contributed by atoms with Crippen LogP contribution >= 0.6 is 0 Å². The Bertz CT molecular complexity index is 520. The molecule has 0 spiro atoms. The van der Waals surface area contributed by atoms with E-state index in [0.717, 1.165) is 24.1 Å². The van der Waals surface area contributed by atoms with E-state index in [9.17, 15) is 4.79 Å². The van der Waals surface area contributed by atoms with Crippen molar-refractivity contribution in [2.24, 2.45) is 5.73 Å². The third kappa shape index (κ3) is 1.76. The topological polar surface area (TPSA) is 68.0 Å². The Morgan fingerprint density at radius 1 is 1.33 bits per heavy atom. The van der Waals surface area contributed by atoms with Crippen LogP contribution in [0.3, 0.4) is 0 Å². The summed E-state index contributed by atoms with van der Waals surface area (Å²) in [6.45, 7) is 4.26. The van der Waals surface area contributed by atoms with Gasteiger partial charge in [-0.15, -0.1) is 0 Å². The summed E-state index contributed by atoms with van der Waals surface area (Å²) in [6, 6.07) is -0.479. The Morgan fingerprint density at radius 3 is 2.67 bits per heavy atom. The van der Waals surface area contributed by atoms with E-state index in [1.54, 1.807) is 0 Å². The van der Waals surface area contributed by atoms with Crippen LogP contribution in [0, 0.1) is 6.92 Å². The largest absolute Gasteiger partial charge is 0.351 e. The predicted octanol–water partition coefficient (Wildman–Crippen LogP) is 2.81. The lowest BCUT2D eigenvalue weighted by Crippen LogP contribution is -2.21. The highest BCUT2D eigenvalue weighted by Crippen LogP contribution is 2.46. The van der Waals surface area contributed by atoms with Crippen molar-refractivity contribution >= 4 is 11.7 Å². The third-order valence-electron chi connectivity index (χ3n) is 4.12. The molecule has 0 radical (unpaired) electrons. The molecule has 4 nitrogen and oxygen atoms in total. The van der Waals surface area contributed by atoms with Gasteiger partial charge >= 0.3 is 6.03 Å². The van der Waals surface area contributed by atoms with E-state index >= 15 is 0 Å². The summed E-state index contributed by atoms with van der Waals surface area (Å²) >= 11 is 0. The van der Waals surface area contributed by atoms with Gasteiger partial charge in [0, 0.05) is 17.3 Å². The van der Waals surface area contributed by atoms with E-state index in [-0.39, 0.29) is 0 Å². The lowest BCUT2D eigenvalue weighted by molar-refractivity contribution is 0.259. The van der Waals surface area contributed by atoms with Crippen molar-refractivity contribution in [3.63, 3.8) is 0 Å². The Labute approximate surface area is 107 Å². The number of aromatic nitrogens is 1. The van der Waals surface area contributed by atoms with Crippen LogP contribution in [0.4, 0.5) is 10.5 Å². The number of rotatable bonds is 2. The van der Waals surface area contributed by atoms with Crippen molar-refractivity contribution in [2.75, 3.05) is 5.32 Å². The van der Waals surface area contributed by atoms with Gasteiger partial charge in [0.2, 0.25) is 0 Å². The van der Waals surface area contributed by atoms with Crippen LogP contribution in [0.5, 0.6) is 0 Å². The lowest BCUT2D eigenvalue weighted by atomic mass is 10.0. The normalized spacial score (nSPS) is 21.8. The molecule has 18 heavy (non-hydrogen) atoms. The molecule has 2 amide bonds. The Morgan fingerprint density at radius 2 is 2.06 bits per heavy atom. The number of nitrogens with one attached hydrogen (secondary N) is 1. The first kappa shape index (κ1) is 11.5. The third-order valence-corrected chi connectivity index (χ3v) is 4.12. The first-order chi connectivity index (χ1) is 8.58. The highest BCUT2D eigenvalue weighted by Gasteiger charge is 2.32. The van der Waals surface area contributed by atoms with E-state index in [0.29, 0.717) is 11.8 Å². The smallest absolute Gasteiger partial charge is 0.316 e. The van der Waals surface area contributed by atoms with Gasteiger partial charge in [-0.2, -0.15) is 0 Å². The van der Waals surface area contributed by atoms with Gasteiger partial charge < -0.3 is 11.1 Å². The van der Waals surface area contributed by atoms with E-state index in [1.807, 2.05) is 0 Å². The summed E-state index contributed by atoms with van der Waals surface area (Å²) < 4.78 is 0. The predicted molar refractivity (Wildman–Crippen MR) is 70.9 cm³/mol. The van der Waals surface area contributed by atoms with Gasteiger partial charge in [0.25, 0.3) is 0 Å². The molecule has 0 bridgehead atoms. The maximum Gasteiger partial charge on any atom is 0.316 e. The van der Waals surface area contributed by atoms with Gasteiger partial charge in [0.1, 0.15) is 0 Å². The zero-order chi connectivity index (χ0) is 12.9. The van der Waals surface area contributed by atoms with Crippen molar-refractivity contribution in [3.8, 4) is 0 Å². The van der Waals surface area contributed by atoms with E-state index < -0.39 is 6.03 Å². The van der Waals surface area contributed by atoms with Crippen LogP contribution in [-0.2, 0) is 6.42 Å². The lowest BCUT2D eigenvalue weighted by Gasteiger charge is -2.16. The molecule has 3 N–H and O–H groups in total. The molecule has 3 rings (SSSR count). The van der Waals surface area contributed by atoms with Crippen molar-refractivity contribution in [3.05, 3.63) is 22.5 Å². The summed E-state index contributed by atoms with van der Waals surface area (Å²) in [6.07, 6.45) is 4.54. The number of carbonyl (C=O) groups is 1. The zero-order valence-electron chi connectivity index (χ0n) is 10.9. The molecule has 1 heterocycles. The average Bonchev–Trinajstić information content (AvgIpc) is 3.08. The highest BCUT2D eigenvalue weighted by molar-refractivity contribution is 5.90. The van der Waals surface area contributed by atoms with Gasteiger partial charge in [-0.05, 0) is 49.7 Å². The number of primary amides is 1. The van der Waals surface area contributed by atoms with E-state index in [1.165, 1.54) is 29.8 Å². The summed E-state index contributed by atoms with van der Waals surface area (Å²) in [5.74, 6) is 1.09. The fourth-order valence-electron chi connectivity index (χ4n) is 2.97. The van der Waals surface area contributed by atoms with Gasteiger partial charge in [-0.3, -0.25) is 4.98 Å². The molecule has 0 aromatic carbocycles. The average molecular weight is 245 g/mol. The maximum absolute atomic E-state index is 11.2. The van der Waals surface area contributed by atoms with Gasteiger partial charge in [-0.25, -0.2) is 4.79 Å². The molecule has 1 fully saturated rings. The molecular formula is C14H19N3O. The number of urea groups is 1. The van der Waals surface area contributed by atoms with Gasteiger partial charge in [-0.1, -0.05) is 6.92 Å². The quantitative estimate of drug-likeness (QED) is 0.841. The summed E-state index contributed by atoms with van der Waals surface area (Å²) in [5.41, 5.74) is 10.9. The second kappa shape index (κ2) is 3.97. The van der Waals surface area contributed by atoms with Crippen molar-refractivity contribution in [1.82, 2.24) is 4.98 Å². The number of nitrogens with two attached hydrogens (primary N) is 1. The Hall–Kier alpha value is -1.58. The number of amides is 2. The Balaban J connectivity index is 2.15. The molecule has 1 saturated carbocycles. The maximum atomic E-state index is 11.2. The molecule has 2 aliphatic rings. The first-order valence-electron chi connectivity index (χ1n) is 6.67. The van der Waals surface area contributed by atoms with Crippen molar-refractivity contribution in [2.45, 2.75) is 51.4 Å². The number of hydrogen-bond acceptors (Lipinski definition) is 2. The second-order valence-electron chi connectivity index (χ2n) is 5.56. The molecule has 1 unspecified atom stereocenters. The molecule has 2 aliphatic carbocycles. The van der Waals surface area contributed by atoms with Crippen LogP contribution in [0.25, 0.3) is 0 Å². The SMILES string of the molecule is Cc1c(C2CC2)nc2c(c1NC(N)=O)CCC2C. The number of fused-ring (bicyclic) bond motifs is 1. The minimum Gasteiger partial charge on any atom is -0.351 e. The minimum absolute atomic E-state index is 0.479. The molecule has 1 aromatic rings. The summed E-state index contributed by atoms with van der Waals surface area (Å²) in [7, 11) is 0. The molecule has 1 aromatic heterocycles. The molecule has 96 valence electrons. The van der Waals surface area contributed by atoms with Gasteiger partial charge in [0.15, 0.2) is 0 Å². The minimum atomic E-state index is -0.479. The van der Waals surface area contributed by atoms with Crippen LogP contribution in [-0.4, -0.2) is 11.0 Å². The zero-order valence-corrected chi connectivity index (χ0v) is 10.9. The molecular weight excluding hydrogens is 226 g/mol. The van der Waals surface area contributed by atoms with E-state index in [4.69, 9.17) is 10.7 Å². The van der Waals surface area contributed by atoms with Crippen LogP contribution < -0.4 is 11.1 Å². The second-order valence-corrected chi connectivity index (χ2v) is 5.56. The Kier molecular flexibility index (Phi) is 2.54. The fourth-order valence-corrected chi connectivity index (χ4v) is 2.97. The van der Waals surface area contributed by atoms with Crippen LogP contribution in [0.2, 0.25) is 0 Å². The highest BCUT2D eigenvalue weighted by atomic mass is 16.2. The number of nitrogens with zero attached hydrogens (tertiary/aromatic N) is 1. The number of anilines is 1. The molecule has 0 saturated heterocycles.